The highest BCUT2D eigenvalue weighted by Crippen LogP contribution is 2.32. The molecule has 2 aliphatic rings. The number of rotatable bonds is 4. The maximum Gasteiger partial charge on any atom is 0.246 e. The molecule has 0 aliphatic carbocycles. The van der Waals surface area contributed by atoms with E-state index in [1.54, 1.807) is 30.5 Å². The van der Waals surface area contributed by atoms with Crippen molar-refractivity contribution < 1.29 is 19.0 Å². The van der Waals surface area contributed by atoms with E-state index < -0.39 is 0 Å². The minimum Gasteiger partial charge on any atom is -0.473 e. The van der Waals surface area contributed by atoms with Crippen molar-refractivity contribution in [3.63, 3.8) is 0 Å². The molecule has 0 atom stereocenters. The van der Waals surface area contributed by atoms with Gasteiger partial charge in [0.25, 0.3) is 0 Å². The molecule has 0 unspecified atom stereocenters. The molecule has 0 saturated carbocycles. The van der Waals surface area contributed by atoms with E-state index in [0.29, 0.717) is 24.7 Å². The van der Waals surface area contributed by atoms with E-state index in [0.717, 1.165) is 24.2 Å². The Balaban J connectivity index is 1.29. The molecule has 2 aromatic rings. The lowest BCUT2D eigenvalue weighted by Gasteiger charge is -2.31. The van der Waals surface area contributed by atoms with Gasteiger partial charge < -0.3 is 19.1 Å². The number of benzene rings is 1. The Hall–Kier alpha value is -3.09. The Kier molecular flexibility index (Phi) is 4.68. The summed E-state index contributed by atoms with van der Waals surface area (Å²) in [6.07, 6.45) is 6.63. The number of hydrogen-bond acceptors (Lipinski definition) is 6. The fraction of sp³-hybridized carbons (Fsp3) is 0.316. The molecule has 0 bridgehead atoms. The van der Waals surface area contributed by atoms with E-state index in [-0.39, 0.29) is 18.8 Å². The second-order valence-electron chi connectivity index (χ2n) is 6.15. The molecule has 7 nitrogen and oxygen atoms in total. The van der Waals surface area contributed by atoms with Gasteiger partial charge in [-0.2, -0.15) is 5.10 Å². The second kappa shape index (κ2) is 7.43. The van der Waals surface area contributed by atoms with Crippen molar-refractivity contribution in [2.24, 2.45) is 0 Å². The van der Waals surface area contributed by atoms with Gasteiger partial charge in [0, 0.05) is 44.3 Å². The lowest BCUT2D eigenvalue weighted by molar-refractivity contribution is -0.127. The number of aromatic nitrogens is 2. The summed E-state index contributed by atoms with van der Waals surface area (Å²) in [5.41, 5.74) is 0.906. The number of likely N-dealkylation sites (tertiary alicyclic amines) is 1. The minimum absolute atomic E-state index is 0.000574. The number of carbonyl (C=O) groups excluding carboxylic acids is 1. The van der Waals surface area contributed by atoms with Crippen LogP contribution in [0.5, 0.6) is 17.4 Å². The van der Waals surface area contributed by atoms with Crippen LogP contribution in [-0.2, 0) is 4.79 Å². The molecule has 7 heteroatoms. The average molecular weight is 353 g/mol. The number of carbonyl (C=O) groups is 1. The van der Waals surface area contributed by atoms with Gasteiger partial charge >= 0.3 is 0 Å². The summed E-state index contributed by atoms with van der Waals surface area (Å²) in [4.78, 5) is 14.2. The van der Waals surface area contributed by atoms with Gasteiger partial charge in [0.2, 0.25) is 18.6 Å². The first-order chi connectivity index (χ1) is 12.8. The van der Waals surface area contributed by atoms with Crippen LogP contribution in [0.1, 0.15) is 18.4 Å². The molecular weight excluding hydrogens is 334 g/mol. The molecule has 1 saturated heterocycles. The minimum atomic E-state index is 0.000574. The summed E-state index contributed by atoms with van der Waals surface area (Å²) in [6, 6.07) is 9.20. The maximum atomic E-state index is 12.4. The van der Waals surface area contributed by atoms with Crippen LogP contribution in [0.25, 0.3) is 6.08 Å². The third kappa shape index (κ3) is 3.77. The van der Waals surface area contributed by atoms with Crippen LogP contribution < -0.4 is 14.2 Å². The first-order valence-corrected chi connectivity index (χ1v) is 8.59. The molecule has 4 rings (SSSR count). The van der Waals surface area contributed by atoms with Crippen molar-refractivity contribution in [3.05, 3.63) is 48.2 Å². The van der Waals surface area contributed by atoms with Gasteiger partial charge in [0.1, 0.15) is 6.10 Å². The van der Waals surface area contributed by atoms with Crippen LogP contribution in [0.15, 0.2) is 42.6 Å². The van der Waals surface area contributed by atoms with Crippen LogP contribution in [0.2, 0.25) is 0 Å². The summed E-state index contributed by atoms with van der Waals surface area (Å²) in [7, 11) is 0. The zero-order valence-corrected chi connectivity index (χ0v) is 14.2. The Morgan fingerprint density at radius 2 is 2.04 bits per heavy atom. The Morgan fingerprint density at radius 1 is 1.19 bits per heavy atom. The molecule has 2 aliphatic heterocycles. The largest absolute Gasteiger partial charge is 0.473 e. The van der Waals surface area contributed by atoms with E-state index >= 15 is 0 Å². The summed E-state index contributed by atoms with van der Waals surface area (Å²) >= 11 is 0. The highest BCUT2D eigenvalue weighted by molar-refractivity contribution is 5.92. The quantitative estimate of drug-likeness (QED) is 0.785. The number of amides is 1. The zero-order chi connectivity index (χ0) is 17.8. The van der Waals surface area contributed by atoms with Crippen molar-refractivity contribution in [2.45, 2.75) is 18.9 Å². The van der Waals surface area contributed by atoms with E-state index in [1.165, 1.54) is 0 Å². The number of ether oxygens (including phenoxy) is 3. The number of nitrogens with zero attached hydrogens (tertiary/aromatic N) is 3. The predicted molar refractivity (Wildman–Crippen MR) is 93.9 cm³/mol. The monoisotopic (exact) mass is 353 g/mol. The highest BCUT2D eigenvalue weighted by Gasteiger charge is 2.23. The third-order valence-corrected chi connectivity index (χ3v) is 4.40. The van der Waals surface area contributed by atoms with Gasteiger partial charge in [0.05, 0.1) is 0 Å². The first kappa shape index (κ1) is 16.4. The molecule has 134 valence electrons. The normalized spacial score (nSPS) is 16.8. The lowest BCUT2D eigenvalue weighted by atomic mass is 10.1. The number of hydrogen-bond donors (Lipinski definition) is 0. The smallest absolute Gasteiger partial charge is 0.246 e. The van der Waals surface area contributed by atoms with Crippen molar-refractivity contribution >= 4 is 12.0 Å². The van der Waals surface area contributed by atoms with E-state index in [1.807, 2.05) is 23.1 Å². The molecule has 0 radical (unpaired) electrons. The van der Waals surface area contributed by atoms with Crippen molar-refractivity contribution in [3.8, 4) is 17.4 Å². The van der Waals surface area contributed by atoms with Gasteiger partial charge in [-0.3, -0.25) is 4.79 Å². The van der Waals surface area contributed by atoms with Crippen LogP contribution in [0, 0.1) is 0 Å². The summed E-state index contributed by atoms with van der Waals surface area (Å²) in [5.74, 6) is 1.97. The topological polar surface area (TPSA) is 73.8 Å². The van der Waals surface area contributed by atoms with Crippen LogP contribution in [0.3, 0.4) is 0 Å². The van der Waals surface area contributed by atoms with Gasteiger partial charge in [-0.05, 0) is 29.8 Å². The fourth-order valence-electron chi connectivity index (χ4n) is 3.00. The molecule has 26 heavy (non-hydrogen) atoms. The van der Waals surface area contributed by atoms with E-state index in [4.69, 9.17) is 14.2 Å². The molecule has 0 N–H and O–H groups in total. The maximum absolute atomic E-state index is 12.4. The van der Waals surface area contributed by atoms with Crippen LogP contribution in [-0.4, -0.2) is 47.0 Å². The van der Waals surface area contributed by atoms with Crippen molar-refractivity contribution in [2.75, 3.05) is 19.9 Å². The van der Waals surface area contributed by atoms with Crippen molar-refractivity contribution in [1.29, 1.82) is 0 Å². The third-order valence-electron chi connectivity index (χ3n) is 4.40. The fourth-order valence-corrected chi connectivity index (χ4v) is 3.00. The van der Waals surface area contributed by atoms with Crippen LogP contribution >= 0.6 is 0 Å². The van der Waals surface area contributed by atoms with Crippen LogP contribution in [0.4, 0.5) is 0 Å². The molecule has 1 fully saturated rings. The SMILES string of the molecule is O=C(/C=C/c1ccc2c(c1)OCO2)N1CCC(Oc2cccnn2)CC1. The number of piperidine rings is 1. The van der Waals surface area contributed by atoms with Gasteiger partial charge in [-0.1, -0.05) is 6.07 Å². The van der Waals surface area contributed by atoms with Crippen molar-refractivity contribution in [1.82, 2.24) is 15.1 Å². The Bertz CT molecular complexity index is 802. The van der Waals surface area contributed by atoms with Gasteiger partial charge in [0.15, 0.2) is 11.5 Å². The zero-order valence-electron chi connectivity index (χ0n) is 14.2. The molecular formula is C19H19N3O4. The van der Waals surface area contributed by atoms with E-state index in [2.05, 4.69) is 10.2 Å². The molecule has 1 amide bonds. The molecule has 3 heterocycles. The summed E-state index contributed by atoms with van der Waals surface area (Å²) in [6.45, 7) is 1.57. The first-order valence-electron chi connectivity index (χ1n) is 8.59. The standard InChI is InChI=1S/C19H19N3O4/c23-19(6-4-14-3-5-16-17(12-14)25-13-24-16)22-10-7-15(8-11-22)26-18-2-1-9-20-21-18/h1-6,9,12,15H,7-8,10-11,13H2/b6-4+. The van der Waals surface area contributed by atoms with Gasteiger partial charge in [-0.15, -0.1) is 5.10 Å². The Morgan fingerprint density at radius 3 is 2.85 bits per heavy atom. The molecule has 1 aromatic heterocycles. The molecule has 1 aromatic carbocycles. The predicted octanol–water partition coefficient (Wildman–Crippen LogP) is 2.29. The average Bonchev–Trinajstić information content (AvgIpc) is 3.15. The van der Waals surface area contributed by atoms with E-state index in [9.17, 15) is 4.79 Å². The summed E-state index contributed by atoms with van der Waals surface area (Å²) in [5, 5.41) is 7.73. The highest BCUT2D eigenvalue weighted by atomic mass is 16.7. The molecule has 0 spiro atoms. The Labute approximate surface area is 151 Å². The second-order valence-corrected chi connectivity index (χ2v) is 6.15. The summed E-state index contributed by atoms with van der Waals surface area (Å²) < 4.78 is 16.4. The van der Waals surface area contributed by atoms with Gasteiger partial charge in [-0.25, -0.2) is 0 Å². The number of fused-ring (bicyclic) bond motifs is 1. The lowest BCUT2D eigenvalue weighted by Crippen LogP contribution is -2.41.